The largest absolute Gasteiger partial charge is 0.379 e. The average molecular weight is 175 g/mol. The molecule has 0 bridgehead atoms. The molecule has 1 aromatic rings. The van der Waals surface area contributed by atoms with Crippen LogP contribution >= 0.6 is 0 Å². The van der Waals surface area contributed by atoms with Gasteiger partial charge in [0.2, 0.25) is 0 Å². The fourth-order valence-corrected chi connectivity index (χ4v) is 1.20. The summed E-state index contributed by atoms with van der Waals surface area (Å²) in [4.78, 5) is 0. The second kappa shape index (κ2) is 4.70. The number of anilines is 1. The van der Waals surface area contributed by atoms with Gasteiger partial charge in [0.15, 0.2) is 0 Å². The van der Waals surface area contributed by atoms with E-state index in [0.29, 0.717) is 6.04 Å². The van der Waals surface area contributed by atoms with Gasteiger partial charge in [-0.3, -0.25) is 0 Å². The molecule has 13 heavy (non-hydrogen) atoms. The minimum Gasteiger partial charge on any atom is -0.379 e. The molecule has 0 radical (unpaired) electrons. The molecule has 0 heterocycles. The van der Waals surface area contributed by atoms with Crippen LogP contribution in [0, 0.1) is 0 Å². The lowest BCUT2D eigenvalue weighted by molar-refractivity contribution is 0.998. The standard InChI is InChI=1S/C12H17N/c1-4-10(3)13-12-8-6-7-11(5-2)9-12/h4,6-10,13H,1,5H2,2-3H3. The Morgan fingerprint density at radius 3 is 2.92 bits per heavy atom. The molecule has 1 aromatic carbocycles. The van der Waals surface area contributed by atoms with Crippen molar-refractivity contribution < 1.29 is 0 Å². The Kier molecular flexibility index (Phi) is 3.56. The summed E-state index contributed by atoms with van der Waals surface area (Å²) in [5.41, 5.74) is 2.54. The van der Waals surface area contributed by atoms with Crippen molar-refractivity contribution in [1.29, 1.82) is 0 Å². The summed E-state index contributed by atoms with van der Waals surface area (Å²) in [7, 11) is 0. The first-order valence-corrected chi connectivity index (χ1v) is 4.74. The molecule has 0 spiro atoms. The van der Waals surface area contributed by atoms with Crippen LogP contribution in [0.3, 0.4) is 0 Å². The Hall–Kier alpha value is -1.24. The summed E-state index contributed by atoms with van der Waals surface area (Å²) in [6.07, 6.45) is 2.98. The van der Waals surface area contributed by atoms with Crippen molar-refractivity contribution >= 4 is 5.69 Å². The summed E-state index contributed by atoms with van der Waals surface area (Å²) in [6, 6.07) is 8.81. The SMILES string of the molecule is C=CC(C)Nc1cccc(CC)c1. The molecule has 1 N–H and O–H groups in total. The van der Waals surface area contributed by atoms with Crippen LogP contribution in [0.25, 0.3) is 0 Å². The van der Waals surface area contributed by atoms with E-state index < -0.39 is 0 Å². The fourth-order valence-electron chi connectivity index (χ4n) is 1.20. The van der Waals surface area contributed by atoms with E-state index in [-0.39, 0.29) is 0 Å². The van der Waals surface area contributed by atoms with Crippen molar-refractivity contribution in [1.82, 2.24) is 0 Å². The fraction of sp³-hybridized carbons (Fsp3) is 0.333. The molecule has 70 valence electrons. The number of aryl methyl sites for hydroxylation is 1. The van der Waals surface area contributed by atoms with Gasteiger partial charge in [-0.15, -0.1) is 6.58 Å². The normalized spacial score (nSPS) is 12.2. The van der Waals surface area contributed by atoms with E-state index in [1.165, 1.54) is 11.3 Å². The van der Waals surface area contributed by atoms with Crippen LogP contribution in [-0.4, -0.2) is 6.04 Å². The molecule has 1 nitrogen and oxygen atoms in total. The van der Waals surface area contributed by atoms with Crippen molar-refractivity contribution in [3.63, 3.8) is 0 Å². The monoisotopic (exact) mass is 175 g/mol. The number of nitrogens with one attached hydrogen (secondary N) is 1. The summed E-state index contributed by atoms with van der Waals surface area (Å²) in [6.45, 7) is 7.99. The third-order valence-electron chi connectivity index (χ3n) is 2.08. The lowest BCUT2D eigenvalue weighted by Crippen LogP contribution is -2.11. The molecule has 0 aromatic heterocycles. The number of hydrogen-bond donors (Lipinski definition) is 1. The van der Waals surface area contributed by atoms with Crippen LogP contribution in [0.2, 0.25) is 0 Å². The molecule has 0 saturated carbocycles. The summed E-state index contributed by atoms with van der Waals surface area (Å²) >= 11 is 0. The van der Waals surface area contributed by atoms with Crippen molar-refractivity contribution in [2.75, 3.05) is 5.32 Å². The number of benzene rings is 1. The molecule has 0 fully saturated rings. The smallest absolute Gasteiger partial charge is 0.0413 e. The van der Waals surface area contributed by atoms with Crippen LogP contribution in [0.5, 0.6) is 0 Å². The summed E-state index contributed by atoms with van der Waals surface area (Å²) < 4.78 is 0. The second-order valence-electron chi connectivity index (χ2n) is 3.22. The second-order valence-corrected chi connectivity index (χ2v) is 3.22. The molecular weight excluding hydrogens is 158 g/mol. The lowest BCUT2D eigenvalue weighted by Gasteiger charge is -2.11. The van der Waals surface area contributed by atoms with Crippen molar-refractivity contribution in [2.24, 2.45) is 0 Å². The molecule has 1 heteroatoms. The van der Waals surface area contributed by atoms with E-state index in [9.17, 15) is 0 Å². The third-order valence-corrected chi connectivity index (χ3v) is 2.08. The van der Waals surface area contributed by atoms with E-state index >= 15 is 0 Å². The highest BCUT2D eigenvalue weighted by molar-refractivity contribution is 5.47. The van der Waals surface area contributed by atoms with Crippen molar-refractivity contribution in [2.45, 2.75) is 26.3 Å². The zero-order valence-corrected chi connectivity index (χ0v) is 8.38. The maximum absolute atomic E-state index is 3.74. The molecular formula is C12H17N. The van der Waals surface area contributed by atoms with E-state index in [1.807, 2.05) is 6.08 Å². The van der Waals surface area contributed by atoms with Gasteiger partial charge in [0.05, 0.1) is 0 Å². The minimum atomic E-state index is 0.326. The Balaban J connectivity index is 2.71. The highest BCUT2D eigenvalue weighted by atomic mass is 14.9. The van der Waals surface area contributed by atoms with Crippen molar-refractivity contribution in [3.8, 4) is 0 Å². The zero-order valence-electron chi connectivity index (χ0n) is 8.38. The van der Waals surface area contributed by atoms with Crippen LogP contribution in [0.15, 0.2) is 36.9 Å². The van der Waals surface area contributed by atoms with Gasteiger partial charge in [-0.1, -0.05) is 25.1 Å². The maximum Gasteiger partial charge on any atom is 0.0413 e. The lowest BCUT2D eigenvalue weighted by atomic mass is 10.1. The first kappa shape index (κ1) is 9.85. The highest BCUT2D eigenvalue weighted by Gasteiger charge is 1.96. The quantitative estimate of drug-likeness (QED) is 0.693. The van der Waals surface area contributed by atoms with Gasteiger partial charge in [0.1, 0.15) is 0 Å². The molecule has 1 rings (SSSR count). The van der Waals surface area contributed by atoms with Crippen LogP contribution in [-0.2, 0) is 6.42 Å². The summed E-state index contributed by atoms with van der Waals surface area (Å²) in [5.74, 6) is 0. The average Bonchev–Trinajstić information content (AvgIpc) is 2.18. The first-order valence-electron chi connectivity index (χ1n) is 4.74. The Labute approximate surface area is 80.5 Å². The van der Waals surface area contributed by atoms with Gasteiger partial charge >= 0.3 is 0 Å². The van der Waals surface area contributed by atoms with Crippen molar-refractivity contribution in [3.05, 3.63) is 42.5 Å². The van der Waals surface area contributed by atoms with Gasteiger partial charge in [0.25, 0.3) is 0 Å². The predicted molar refractivity (Wildman–Crippen MR) is 59.1 cm³/mol. The molecule has 0 aliphatic rings. The number of hydrogen-bond acceptors (Lipinski definition) is 1. The minimum absolute atomic E-state index is 0.326. The van der Waals surface area contributed by atoms with E-state index in [4.69, 9.17) is 0 Å². The van der Waals surface area contributed by atoms with Crippen LogP contribution in [0.4, 0.5) is 5.69 Å². The van der Waals surface area contributed by atoms with Gasteiger partial charge in [-0.05, 0) is 31.0 Å². The summed E-state index contributed by atoms with van der Waals surface area (Å²) in [5, 5.41) is 3.35. The third kappa shape index (κ3) is 2.94. The molecule has 1 atom stereocenters. The highest BCUT2D eigenvalue weighted by Crippen LogP contribution is 2.12. The van der Waals surface area contributed by atoms with Gasteiger partial charge in [0, 0.05) is 11.7 Å². The van der Waals surface area contributed by atoms with E-state index in [2.05, 4.69) is 50.0 Å². The van der Waals surface area contributed by atoms with Crippen LogP contribution in [0.1, 0.15) is 19.4 Å². The van der Waals surface area contributed by atoms with Gasteiger partial charge < -0.3 is 5.32 Å². The molecule has 0 aliphatic heterocycles. The molecule has 0 amide bonds. The van der Waals surface area contributed by atoms with Gasteiger partial charge in [-0.25, -0.2) is 0 Å². The molecule has 0 aliphatic carbocycles. The molecule has 0 saturated heterocycles. The zero-order chi connectivity index (χ0) is 9.68. The topological polar surface area (TPSA) is 12.0 Å². The van der Waals surface area contributed by atoms with E-state index in [1.54, 1.807) is 0 Å². The Morgan fingerprint density at radius 1 is 1.54 bits per heavy atom. The predicted octanol–water partition coefficient (Wildman–Crippen LogP) is 3.24. The number of rotatable bonds is 4. The maximum atomic E-state index is 3.74. The Bertz CT molecular complexity index is 278. The van der Waals surface area contributed by atoms with Gasteiger partial charge in [-0.2, -0.15) is 0 Å². The van der Waals surface area contributed by atoms with E-state index in [0.717, 1.165) is 6.42 Å². The Morgan fingerprint density at radius 2 is 2.31 bits per heavy atom. The first-order chi connectivity index (χ1) is 6.26. The van der Waals surface area contributed by atoms with Crippen LogP contribution < -0.4 is 5.32 Å². The molecule has 1 unspecified atom stereocenters.